The third-order valence-corrected chi connectivity index (χ3v) is 3.74. The highest BCUT2D eigenvalue weighted by Crippen LogP contribution is 2.25. The maximum atomic E-state index is 9.76. The normalized spacial score (nSPS) is 26.5. The van der Waals surface area contributed by atoms with Crippen molar-refractivity contribution in [3.8, 4) is 0 Å². The Balaban J connectivity index is 1.84. The molecule has 1 aliphatic rings. The van der Waals surface area contributed by atoms with Crippen molar-refractivity contribution in [3.63, 3.8) is 0 Å². The molecule has 1 aromatic heterocycles. The predicted octanol–water partition coefficient (Wildman–Crippen LogP) is 2.15. The summed E-state index contributed by atoms with van der Waals surface area (Å²) in [6, 6.07) is 0. The number of aromatic nitrogens is 2. The third-order valence-electron chi connectivity index (χ3n) is 2.85. The van der Waals surface area contributed by atoms with Gasteiger partial charge < -0.3 is 10.4 Å². The van der Waals surface area contributed by atoms with Gasteiger partial charge >= 0.3 is 0 Å². The Morgan fingerprint density at radius 1 is 1.40 bits per heavy atom. The number of nitrogens with one attached hydrogen (secondary N) is 1. The van der Waals surface area contributed by atoms with Gasteiger partial charge in [0.2, 0.25) is 0 Å². The fraction of sp³-hybridized carbons (Fsp3) is 0.778. The molecule has 2 unspecified atom stereocenters. The van der Waals surface area contributed by atoms with E-state index in [-0.39, 0.29) is 6.10 Å². The Labute approximate surface area is 98.0 Å². The molecular weight excluding hydrogens is 234 g/mol. The fourth-order valence-electron chi connectivity index (χ4n) is 1.94. The molecule has 0 saturated heterocycles. The van der Waals surface area contributed by atoms with E-state index in [2.05, 4.69) is 14.1 Å². The molecular formula is C9H14ClN3OS. The van der Waals surface area contributed by atoms with E-state index < -0.39 is 0 Å². The third kappa shape index (κ3) is 2.80. The lowest BCUT2D eigenvalue weighted by Crippen LogP contribution is -2.30. The fourth-order valence-corrected chi connectivity index (χ4v) is 2.62. The van der Waals surface area contributed by atoms with Crippen LogP contribution in [0.5, 0.6) is 0 Å². The van der Waals surface area contributed by atoms with Crippen LogP contribution in [0, 0.1) is 5.92 Å². The molecule has 0 aliphatic heterocycles. The molecule has 4 nitrogen and oxygen atoms in total. The van der Waals surface area contributed by atoms with Crippen LogP contribution >= 0.6 is 23.3 Å². The molecule has 6 heteroatoms. The van der Waals surface area contributed by atoms with Gasteiger partial charge in [-0.1, -0.05) is 24.4 Å². The first-order valence-electron chi connectivity index (χ1n) is 5.17. The maximum Gasteiger partial charge on any atom is 0.186 e. The van der Waals surface area contributed by atoms with Crippen LogP contribution in [-0.4, -0.2) is 26.5 Å². The number of halogens is 1. The monoisotopic (exact) mass is 247 g/mol. The van der Waals surface area contributed by atoms with Gasteiger partial charge in [0.15, 0.2) is 11.0 Å². The lowest BCUT2D eigenvalue weighted by Gasteiger charge is -2.27. The molecule has 1 fully saturated rings. The average molecular weight is 248 g/mol. The smallest absolute Gasteiger partial charge is 0.186 e. The molecule has 1 heterocycles. The Kier molecular flexibility index (Phi) is 3.77. The summed E-state index contributed by atoms with van der Waals surface area (Å²) in [6.45, 7) is 0.728. The molecule has 1 saturated carbocycles. The number of hydrogen-bond acceptors (Lipinski definition) is 5. The number of rotatable bonds is 3. The Morgan fingerprint density at radius 3 is 2.87 bits per heavy atom. The summed E-state index contributed by atoms with van der Waals surface area (Å²) in [7, 11) is 0. The summed E-state index contributed by atoms with van der Waals surface area (Å²) in [5.74, 6) is 0.955. The number of hydrogen-bond donors (Lipinski definition) is 2. The van der Waals surface area contributed by atoms with Gasteiger partial charge in [-0.2, -0.15) is 8.75 Å². The highest BCUT2D eigenvalue weighted by atomic mass is 35.5. The second-order valence-electron chi connectivity index (χ2n) is 3.90. The first-order valence-corrected chi connectivity index (χ1v) is 6.28. The van der Waals surface area contributed by atoms with E-state index in [1.54, 1.807) is 0 Å². The molecule has 2 N–H and O–H groups in total. The van der Waals surface area contributed by atoms with Gasteiger partial charge in [0.05, 0.1) is 17.8 Å². The second kappa shape index (κ2) is 5.09. The van der Waals surface area contributed by atoms with E-state index in [9.17, 15) is 5.11 Å². The molecule has 0 bridgehead atoms. The standard InChI is InChI=1S/C9H14ClN3OS/c10-8-9(13-15-12-8)11-5-6-3-1-2-4-7(6)14/h6-7,14H,1-5H2,(H,11,13). The summed E-state index contributed by atoms with van der Waals surface area (Å²) >= 11 is 6.90. The van der Waals surface area contributed by atoms with E-state index in [0.717, 1.165) is 37.5 Å². The van der Waals surface area contributed by atoms with E-state index in [1.807, 2.05) is 0 Å². The molecule has 2 rings (SSSR count). The van der Waals surface area contributed by atoms with Crippen molar-refractivity contribution in [3.05, 3.63) is 5.15 Å². The van der Waals surface area contributed by atoms with Gasteiger partial charge in [0.1, 0.15) is 0 Å². The highest BCUT2D eigenvalue weighted by molar-refractivity contribution is 6.99. The Morgan fingerprint density at radius 2 is 2.20 bits per heavy atom. The second-order valence-corrected chi connectivity index (χ2v) is 4.78. The van der Waals surface area contributed by atoms with Crippen molar-refractivity contribution in [2.75, 3.05) is 11.9 Å². The summed E-state index contributed by atoms with van der Waals surface area (Å²) in [4.78, 5) is 0. The van der Waals surface area contributed by atoms with Crippen molar-refractivity contribution in [1.29, 1.82) is 0 Å². The van der Waals surface area contributed by atoms with Crippen molar-refractivity contribution >= 4 is 29.1 Å². The van der Waals surface area contributed by atoms with Crippen LogP contribution in [0.15, 0.2) is 0 Å². The quantitative estimate of drug-likeness (QED) is 0.860. The van der Waals surface area contributed by atoms with Gasteiger partial charge in [-0.05, 0) is 12.8 Å². The van der Waals surface area contributed by atoms with Crippen LogP contribution in [0.3, 0.4) is 0 Å². The zero-order chi connectivity index (χ0) is 10.7. The topological polar surface area (TPSA) is 58.0 Å². The molecule has 15 heavy (non-hydrogen) atoms. The van der Waals surface area contributed by atoms with Crippen LogP contribution in [0.2, 0.25) is 5.15 Å². The van der Waals surface area contributed by atoms with E-state index in [4.69, 9.17) is 11.6 Å². The predicted molar refractivity (Wildman–Crippen MR) is 61.4 cm³/mol. The molecule has 0 aromatic carbocycles. The van der Waals surface area contributed by atoms with Crippen LogP contribution in [0.4, 0.5) is 5.82 Å². The first-order chi connectivity index (χ1) is 7.27. The van der Waals surface area contributed by atoms with Gasteiger partial charge in [-0.15, -0.1) is 0 Å². The first kappa shape index (κ1) is 11.1. The van der Waals surface area contributed by atoms with Crippen molar-refractivity contribution in [2.24, 2.45) is 5.92 Å². The zero-order valence-electron chi connectivity index (χ0n) is 8.32. The van der Waals surface area contributed by atoms with Gasteiger partial charge in [0.25, 0.3) is 0 Å². The van der Waals surface area contributed by atoms with Gasteiger partial charge in [0, 0.05) is 12.5 Å². The lowest BCUT2D eigenvalue weighted by molar-refractivity contribution is 0.0763. The number of aliphatic hydroxyl groups is 1. The molecule has 84 valence electrons. The summed E-state index contributed by atoms with van der Waals surface area (Å²) in [5.41, 5.74) is 0. The molecule has 0 amide bonds. The van der Waals surface area contributed by atoms with Gasteiger partial charge in [-0.3, -0.25) is 0 Å². The minimum atomic E-state index is -0.184. The molecule has 0 spiro atoms. The van der Waals surface area contributed by atoms with Crippen LogP contribution < -0.4 is 5.32 Å². The lowest BCUT2D eigenvalue weighted by atomic mass is 9.86. The van der Waals surface area contributed by atoms with Crippen molar-refractivity contribution in [2.45, 2.75) is 31.8 Å². The number of anilines is 1. The molecule has 2 atom stereocenters. The zero-order valence-corrected chi connectivity index (χ0v) is 9.89. The van der Waals surface area contributed by atoms with E-state index in [1.165, 1.54) is 6.42 Å². The Hall–Kier alpha value is -0.390. The van der Waals surface area contributed by atoms with Gasteiger partial charge in [-0.25, -0.2) is 0 Å². The highest BCUT2D eigenvalue weighted by Gasteiger charge is 2.23. The summed E-state index contributed by atoms with van der Waals surface area (Å²) < 4.78 is 7.90. The van der Waals surface area contributed by atoms with Crippen molar-refractivity contribution < 1.29 is 5.11 Å². The number of aliphatic hydroxyl groups excluding tert-OH is 1. The minimum absolute atomic E-state index is 0.184. The van der Waals surface area contributed by atoms with Crippen molar-refractivity contribution in [1.82, 2.24) is 8.75 Å². The average Bonchev–Trinajstić information content (AvgIpc) is 2.63. The minimum Gasteiger partial charge on any atom is -0.393 e. The van der Waals surface area contributed by atoms with Crippen LogP contribution in [0.25, 0.3) is 0 Å². The number of nitrogens with zero attached hydrogens (tertiary/aromatic N) is 2. The summed E-state index contributed by atoms with van der Waals surface area (Å²) in [6.07, 6.45) is 4.14. The Bertz CT molecular complexity index is 320. The largest absolute Gasteiger partial charge is 0.393 e. The molecule has 1 aliphatic carbocycles. The van der Waals surface area contributed by atoms with E-state index >= 15 is 0 Å². The molecule has 0 radical (unpaired) electrons. The maximum absolute atomic E-state index is 9.76. The molecule has 1 aromatic rings. The summed E-state index contributed by atoms with van der Waals surface area (Å²) in [5, 5.41) is 13.3. The van der Waals surface area contributed by atoms with Crippen LogP contribution in [-0.2, 0) is 0 Å². The SMILES string of the molecule is OC1CCCCC1CNc1nsnc1Cl. The van der Waals surface area contributed by atoms with E-state index in [0.29, 0.717) is 16.9 Å². The van der Waals surface area contributed by atoms with Crippen LogP contribution in [0.1, 0.15) is 25.7 Å².